The van der Waals surface area contributed by atoms with E-state index in [1.165, 1.54) is 30.0 Å². The third kappa shape index (κ3) is 7.08. The Bertz CT molecular complexity index is 1480. The molecule has 3 aromatic rings. The van der Waals surface area contributed by atoms with Gasteiger partial charge in [-0.05, 0) is 46.8 Å². The van der Waals surface area contributed by atoms with Gasteiger partial charge in [-0.3, -0.25) is 13.9 Å². The Morgan fingerprint density at radius 2 is 1.95 bits per heavy atom. The summed E-state index contributed by atoms with van der Waals surface area (Å²) < 4.78 is 53.7. The molecule has 0 saturated carbocycles. The maximum atomic E-state index is 15.9. The molecule has 3 heterocycles. The van der Waals surface area contributed by atoms with Crippen LogP contribution in [0.2, 0.25) is 0 Å². The molecule has 1 aliphatic rings. The number of alkyl halides is 2. The van der Waals surface area contributed by atoms with Crippen LogP contribution in [-0.2, 0) is 23.4 Å². The van der Waals surface area contributed by atoms with Crippen molar-refractivity contribution in [3.63, 3.8) is 0 Å². The van der Waals surface area contributed by atoms with Crippen molar-refractivity contribution < 1.29 is 37.4 Å². The van der Waals surface area contributed by atoms with Crippen molar-refractivity contribution in [1.29, 1.82) is 0 Å². The minimum absolute atomic E-state index is 0.0581. The van der Waals surface area contributed by atoms with E-state index in [4.69, 9.17) is 35.9 Å². The van der Waals surface area contributed by atoms with E-state index in [1.807, 2.05) is 18.7 Å². The first-order valence-corrected chi connectivity index (χ1v) is 16.2. The number of hydrogen-bond acceptors (Lipinski definition) is 12. The smallest absolute Gasteiger partial charge is 0.459 e. The number of halogens is 2. The van der Waals surface area contributed by atoms with E-state index in [1.54, 1.807) is 32.0 Å². The molecule has 2 aromatic heterocycles. The van der Waals surface area contributed by atoms with Crippen LogP contribution in [0.25, 0.3) is 11.2 Å². The molecule has 0 spiro atoms. The zero-order chi connectivity index (χ0) is 32.2. The van der Waals surface area contributed by atoms with E-state index in [-0.39, 0.29) is 17.3 Å². The molecular formula is C27H38ClFN7O7P. The molecule has 1 saturated heterocycles. The monoisotopic (exact) mass is 657 g/mol. The van der Waals surface area contributed by atoms with Crippen molar-refractivity contribution in [2.45, 2.75) is 70.9 Å². The first-order chi connectivity index (χ1) is 20.9. The van der Waals surface area contributed by atoms with Crippen LogP contribution in [-0.4, -0.2) is 86.2 Å². The first-order valence-electron chi connectivity index (χ1n) is 14.1. The van der Waals surface area contributed by atoms with Gasteiger partial charge in [0.1, 0.15) is 23.5 Å². The topological polar surface area (TPSA) is 176 Å². The lowest BCUT2D eigenvalue weighted by Gasteiger charge is -2.31. The van der Waals surface area contributed by atoms with Gasteiger partial charge in [-0.2, -0.15) is 15.1 Å². The molecule has 44 heavy (non-hydrogen) atoms. The second-order valence-corrected chi connectivity index (χ2v) is 12.5. The third-order valence-corrected chi connectivity index (χ3v) is 9.03. The molecule has 0 unspecified atom stereocenters. The normalized spacial score (nSPS) is 23.9. The van der Waals surface area contributed by atoms with E-state index >= 15 is 4.39 Å². The van der Waals surface area contributed by atoms with Crippen LogP contribution < -0.4 is 20.2 Å². The first kappa shape index (κ1) is 33.8. The van der Waals surface area contributed by atoms with Crippen molar-refractivity contribution in [3.8, 4) is 5.75 Å². The minimum atomic E-state index is -4.38. The molecule has 0 radical (unpaired) electrons. The van der Waals surface area contributed by atoms with Crippen LogP contribution >= 0.6 is 19.3 Å². The highest BCUT2D eigenvalue weighted by Crippen LogP contribution is 2.49. The second kappa shape index (κ2) is 13.9. The maximum absolute atomic E-state index is 15.9. The number of fused-ring (bicyclic) bond motifs is 1. The number of hydrogen-bond donors (Lipinski definition) is 3. The summed E-state index contributed by atoms with van der Waals surface area (Å²) in [5.74, 6) is -0.598. The summed E-state index contributed by atoms with van der Waals surface area (Å²) in [6, 6.07) is 6.96. The SMILES string of the molecule is CCN(CC)c1nc(N)nc2c1ncn2[C@@H]1O[C@](CCl)(CO[P@](=O)(N[C@@H](C)C(=O)OC(C)C)Oc2ccccc2)[C@@H](O)[C@H]1F. The number of nitrogens with zero attached hydrogens (tertiary/aromatic N) is 5. The molecule has 0 aliphatic carbocycles. The number of ether oxygens (including phenoxy) is 2. The molecule has 242 valence electrons. The van der Waals surface area contributed by atoms with Crippen LogP contribution in [0.15, 0.2) is 36.7 Å². The number of rotatable bonds is 14. The van der Waals surface area contributed by atoms with Crippen LogP contribution in [0.3, 0.4) is 0 Å². The second-order valence-electron chi connectivity index (χ2n) is 10.5. The number of para-hydroxylation sites is 1. The Labute approximate surface area is 259 Å². The van der Waals surface area contributed by atoms with Gasteiger partial charge in [0.15, 0.2) is 29.4 Å². The van der Waals surface area contributed by atoms with E-state index in [9.17, 15) is 14.5 Å². The Kier molecular flexibility index (Phi) is 10.7. The van der Waals surface area contributed by atoms with Crippen molar-refractivity contribution >= 4 is 48.2 Å². The largest absolute Gasteiger partial charge is 0.462 e. The molecule has 6 atom stereocenters. The van der Waals surface area contributed by atoms with Crippen molar-refractivity contribution in [3.05, 3.63) is 36.7 Å². The lowest BCUT2D eigenvalue weighted by Crippen LogP contribution is -2.48. The summed E-state index contributed by atoms with van der Waals surface area (Å²) in [6.45, 7) is 9.17. The predicted molar refractivity (Wildman–Crippen MR) is 162 cm³/mol. The summed E-state index contributed by atoms with van der Waals surface area (Å²) in [7, 11) is -4.38. The van der Waals surface area contributed by atoms with Gasteiger partial charge in [-0.1, -0.05) is 18.2 Å². The summed E-state index contributed by atoms with van der Waals surface area (Å²) in [6.07, 6.45) is -4.44. The van der Waals surface area contributed by atoms with Gasteiger partial charge in [0.25, 0.3) is 0 Å². The zero-order valence-corrected chi connectivity index (χ0v) is 26.7. The molecule has 1 aromatic carbocycles. The molecule has 1 aliphatic heterocycles. The number of nitrogen functional groups attached to an aromatic ring is 1. The number of esters is 1. The van der Waals surface area contributed by atoms with Gasteiger partial charge in [0, 0.05) is 13.1 Å². The molecule has 17 heteroatoms. The number of anilines is 2. The number of aromatic nitrogens is 4. The lowest BCUT2D eigenvalue weighted by molar-refractivity contribution is -0.149. The van der Waals surface area contributed by atoms with E-state index in [0.29, 0.717) is 24.4 Å². The molecule has 0 bridgehead atoms. The quantitative estimate of drug-likeness (QED) is 0.130. The lowest BCUT2D eigenvalue weighted by atomic mass is 9.99. The Morgan fingerprint density at radius 3 is 2.57 bits per heavy atom. The Morgan fingerprint density at radius 1 is 1.27 bits per heavy atom. The number of carbonyl (C=O) groups excluding carboxylic acids is 1. The average Bonchev–Trinajstić information content (AvgIpc) is 3.51. The summed E-state index contributed by atoms with van der Waals surface area (Å²) in [5, 5.41) is 13.6. The van der Waals surface area contributed by atoms with Crippen LogP contribution in [0.1, 0.15) is 40.8 Å². The highest BCUT2D eigenvalue weighted by molar-refractivity contribution is 7.52. The zero-order valence-electron chi connectivity index (χ0n) is 25.1. The van der Waals surface area contributed by atoms with Gasteiger partial charge < -0.3 is 29.7 Å². The molecule has 14 nitrogen and oxygen atoms in total. The minimum Gasteiger partial charge on any atom is -0.462 e. The average molecular weight is 658 g/mol. The van der Waals surface area contributed by atoms with Gasteiger partial charge in [0.2, 0.25) is 5.95 Å². The van der Waals surface area contributed by atoms with Crippen LogP contribution in [0, 0.1) is 0 Å². The highest BCUT2D eigenvalue weighted by Gasteiger charge is 2.57. The van der Waals surface area contributed by atoms with Crippen molar-refractivity contribution in [2.24, 2.45) is 0 Å². The molecule has 0 amide bonds. The number of nitrogens with two attached hydrogens (primary N) is 1. The van der Waals surface area contributed by atoms with Gasteiger partial charge >= 0.3 is 13.7 Å². The predicted octanol–water partition coefficient (Wildman–Crippen LogP) is 3.59. The standard InChI is InChI=1S/C27H38ClFN7O7P/c1-6-35(7-2)22-20-23(33-26(30)32-22)36(15-31-20)24-19(29)21(37)27(13-28,42-24)14-40-44(39,43-18-11-9-8-10-12-18)34-17(5)25(38)41-16(3)4/h8-12,15-17,19,21,24,37H,6-7,13-14H2,1-5H3,(H,34,39)(H2,30,32,33)/t17-,19+,21-,24+,27+,44+/m0/s1. The number of carbonyl (C=O) groups is 1. The van der Waals surface area contributed by atoms with Gasteiger partial charge in [0.05, 0.1) is 24.9 Å². The maximum Gasteiger partial charge on any atom is 0.459 e. The van der Waals surface area contributed by atoms with E-state index in [0.717, 1.165) is 0 Å². The fraction of sp³-hybridized carbons (Fsp3) is 0.556. The number of aliphatic hydroxyl groups is 1. The van der Waals surface area contributed by atoms with E-state index in [2.05, 4.69) is 20.0 Å². The van der Waals surface area contributed by atoms with E-state index < -0.39 is 62.5 Å². The van der Waals surface area contributed by atoms with Crippen LogP contribution in [0.5, 0.6) is 5.75 Å². The van der Waals surface area contributed by atoms with Crippen LogP contribution in [0.4, 0.5) is 16.2 Å². The highest BCUT2D eigenvalue weighted by atomic mass is 35.5. The van der Waals surface area contributed by atoms with Crippen molar-refractivity contribution in [1.82, 2.24) is 24.6 Å². The number of aliphatic hydroxyl groups excluding tert-OH is 1. The summed E-state index contributed by atoms with van der Waals surface area (Å²) in [4.78, 5) is 27.4. The van der Waals surface area contributed by atoms with Gasteiger partial charge in [-0.25, -0.2) is 13.9 Å². The third-order valence-electron chi connectivity index (χ3n) is 6.96. The fourth-order valence-corrected chi connectivity index (χ4v) is 6.52. The summed E-state index contributed by atoms with van der Waals surface area (Å²) in [5.41, 5.74) is 4.63. The number of benzene rings is 1. The Balaban J connectivity index is 1.63. The molecule has 1 fully saturated rings. The molecular weight excluding hydrogens is 620 g/mol. The molecule has 4 rings (SSSR count). The fourth-order valence-electron chi connectivity index (χ4n) is 4.68. The number of imidazole rings is 1. The Hall–Kier alpha value is -3.07. The molecule has 4 N–H and O–H groups in total. The van der Waals surface area contributed by atoms with Crippen molar-refractivity contribution in [2.75, 3.05) is 36.2 Å². The van der Waals surface area contributed by atoms with Gasteiger partial charge in [-0.15, -0.1) is 11.6 Å². The number of nitrogens with one attached hydrogen (secondary N) is 1. The summed E-state index contributed by atoms with van der Waals surface area (Å²) >= 11 is 6.27.